The fraction of sp³-hybridized carbons (Fsp3) is 1.00. The molecule has 0 aliphatic rings. The third kappa shape index (κ3) is 8.87. The van der Waals surface area contributed by atoms with E-state index in [1.54, 1.807) is 0 Å². The molecule has 0 spiro atoms. The van der Waals surface area contributed by atoms with Crippen LogP contribution in [0.2, 0.25) is 4.78 Å². The zero-order valence-corrected chi connectivity index (χ0v) is 11.1. The molecule has 0 saturated carbocycles. The number of hydrogen-bond donors (Lipinski definition) is 0. The Labute approximate surface area is 95.0 Å². The molecular formula is C11H24AlNO. The monoisotopic (exact) mass is 213 g/mol. The second-order valence-corrected chi connectivity index (χ2v) is 5.55. The summed E-state index contributed by atoms with van der Waals surface area (Å²) in [7, 11) is 4.19. The van der Waals surface area contributed by atoms with Crippen LogP contribution in [-0.2, 0) is 3.80 Å². The van der Waals surface area contributed by atoms with Crippen LogP contribution in [0, 0.1) is 0 Å². The van der Waals surface area contributed by atoms with Crippen LogP contribution >= 0.6 is 0 Å². The molecule has 0 aliphatic carbocycles. The SMILES string of the molecule is CCCCC[CH](CCCN(C)C)[Al]=[O]. The Bertz CT molecular complexity index is 139. The molecule has 1 atom stereocenters. The van der Waals surface area contributed by atoms with E-state index in [1.807, 2.05) is 0 Å². The molecule has 0 rings (SSSR count). The summed E-state index contributed by atoms with van der Waals surface area (Å²) in [4.78, 5) is 2.20. The first-order valence-corrected chi connectivity index (χ1v) is 6.94. The van der Waals surface area contributed by atoms with Crippen molar-refractivity contribution in [2.24, 2.45) is 0 Å². The molecule has 0 amide bonds. The zero-order chi connectivity index (χ0) is 10.8. The molecule has 0 N–H and O–H groups in total. The Hall–Kier alpha value is 0.292. The molecule has 0 fully saturated rings. The van der Waals surface area contributed by atoms with E-state index in [0.29, 0.717) is 4.78 Å². The molecule has 14 heavy (non-hydrogen) atoms. The van der Waals surface area contributed by atoms with Gasteiger partial charge in [0, 0.05) is 0 Å². The summed E-state index contributed by atoms with van der Waals surface area (Å²) in [5.74, 6) is 0. The minimum absolute atomic E-state index is 0.515. The summed E-state index contributed by atoms with van der Waals surface area (Å²) in [6.45, 7) is 3.34. The molecule has 0 aromatic carbocycles. The van der Waals surface area contributed by atoms with Crippen molar-refractivity contribution in [3.8, 4) is 0 Å². The summed E-state index contributed by atoms with van der Waals surface area (Å²) < 4.78 is 11.5. The van der Waals surface area contributed by atoms with E-state index in [4.69, 9.17) is 0 Å². The number of nitrogens with zero attached hydrogens (tertiary/aromatic N) is 1. The Balaban J connectivity index is 3.43. The van der Waals surface area contributed by atoms with Gasteiger partial charge in [-0.25, -0.2) is 0 Å². The third-order valence-corrected chi connectivity index (χ3v) is 3.60. The van der Waals surface area contributed by atoms with Gasteiger partial charge in [-0.2, -0.15) is 0 Å². The standard InChI is InChI=1S/C11H24N.Al.O/c1-4-5-6-7-8-9-10-11-12(2)3;;/h8H,4-7,9-11H2,1-3H3;;. The van der Waals surface area contributed by atoms with Crippen molar-refractivity contribution >= 4 is 15.2 Å². The average molecular weight is 213 g/mol. The van der Waals surface area contributed by atoms with Gasteiger partial charge >= 0.3 is 94.7 Å². The van der Waals surface area contributed by atoms with Crippen LogP contribution < -0.4 is 0 Å². The van der Waals surface area contributed by atoms with Crippen LogP contribution in [0.4, 0.5) is 0 Å². The van der Waals surface area contributed by atoms with Crippen LogP contribution in [0.5, 0.6) is 0 Å². The first-order chi connectivity index (χ1) is 6.70. The second-order valence-electron chi connectivity index (χ2n) is 4.34. The fourth-order valence-electron chi connectivity index (χ4n) is 1.61. The number of rotatable bonds is 9. The zero-order valence-electron chi connectivity index (χ0n) is 9.96. The molecular weight excluding hydrogens is 189 g/mol. The van der Waals surface area contributed by atoms with Crippen molar-refractivity contribution in [2.45, 2.75) is 50.2 Å². The van der Waals surface area contributed by atoms with E-state index >= 15 is 0 Å². The van der Waals surface area contributed by atoms with Gasteiger partial charge in [-0.1, -0.05) is 0 Å². The van der Waals surface area contributed by atoms with Gasteiger partial charge < -0.3 is 0 Å². The van der Waals surface area contributed by atoms with Crippen molar-refractivity contribution in [3.05, 3.63) is 0 Å². The van der Waals surface area contributed by atoms with Gasteiger partial charge in [0.25, 0.3) is 0 Å². The molecule has 0 aromatic rings. The van der Waals surface area contributed by atoms with Gasteiger partial charge in [0.2, 0.25) is 0 Å². The van der Waals surface area contributed by atoms with Crippen molar-refractivity contribution in [1.29, 1.82) is 0 Å². The van der Waals surface area contributed by atoms with Gasteiger partial charge in [-0.15, -0.1) is 0 Å². The van der Waals surface area contributed by atoms with Crippen molar-refractivity contribution in [1.82, 2.24) is 4.90 Å². The van der Waals surface area contributed by atoms with E-state index in [0.717, 1.165) is 13.0 Å². The normalized spacial score (nSPS) is 12.9. The summed E-state index contributed by atoms with van der Waals surface area (Å²) in [6.07, 6.45) is 7.35. The topological polar surface area (TPSA) is 20.3 Å². The van der Waals surface area contributed by atoms with Crippen molar-refractivity contribution in [2.75, 3.05) is 20.6 Å². The molecule has 3 heteroatoms. The maximum atomic E-state index is 11.0. The molecule has 2 nitrogen and oxygen atoms in total. The van der Waals surface area contributed by atoms with Gasteiger partial charge in [0.1, 0.15) is 0 Å². The summed E-state index contributed by atoms with van der Waals surface area (Å²) in [5.41, 5.74) is 0. The van der Waals surface area contributed by atoms with E-state index in [2.05, 4.69) is 25.9 Å². The summed E-state index contributed by atoms with van der Waals surface area (Å²) in [5, 5.41) is 0. The molecule has 1 unspecified atom stereocenters. The minimum atomic E-state index is -0.559. The quantitative estimate of drug-likeness (QED) is 0.433. The second kappa shape index (κ2) is 9.83. The van der Waals surface area contributed by atoms with Crippen molar-refractivity contribution in [3.63, 3.8) is 0 Å². The Morgan fingerprint density at radius 1 is 1.14 bits per heavy atom. The predicted octanol–water partition coefficient (Wildman–Crippen LogP) is 2.75. The van der Waals surface area contributed by atoms with E-state index in [1.165, 1.54) is 32.1 Å². The van der Waals surface area contributed by atoms with Gasteiger partial charge in [-0.05, 0) is 0 Å². The number of unbranched alkanes of at least 4 members (excludes halogenated alkanes) is 2. The molecule has 0 radical (unpaired) electrons. The van der Waals surface area contributed by atoms with E-state index < -0.39 is 15.2 Å². The fourth-order valence-corrected chi connectivity index (χ4v) is 2.35. The van der Waals surface area contributed by atoms with Crippen LogP contribution in [0.1, 0.15) is 45.4 Å². The molecule has 0 bridgehead atoms. The average Bonchev–Trinajstić information content (AvgIpc) is 2.15. The summed E-state index contributed by atoms with van der Waals surface area (Å²) >= 11 is -0.559. The molecule has 0 aromatic heterocycles. The maximum absolute atomic E-state index is 11.0. The predicted molar refractivity (Wildman–Crippen MR) is 62.1 cm³/mol. The Morgan fingerprint density at radius 2 is 1.79 bits per heavy atom. The van der Waals surface area contributed by atoms with Gasteiger partial charge in [0.15, 0.2) is 0 Å². The van der Waals surface area contributed by atoms with E-state index in [9.17, 15) is 3.80 Å². The Kier molecular flexibility index (Phi) is 10.0. The van der Waals surface area contributed by atoms with Crippen LogP contribution in [0.25, 0.3) is 0 Å². The third-order valence-electron chi connectivity index (χ3n) is 2.55. The van der Waals surface area contributed by atoms with Crippen LogP contribution in [-0.4, -0.2) is 40.7 Å². The number of hydrogen-bond acceptors (Lipinski definition) is 2. The first-order valence-electron chi connectivity index (χ1n) is 5.80. The molecule has 82 valence electrons. The first kappa shape index (κ1) is 14.3. The van der Waals surface area contributed by atoms with Crippen molar-refractivity contribution < 1.29 is 3.80 Å². The van der Waals surface area contributed by atoms with Crippen LogP contribution in [0.3, 0.4) is 0 Å². The summed E-state index contributed by atoms with van der Waals surface area (Å²) in [6, 6.07) is 0. The van der Waals surface area contributed by atoms with Crippen LogP contribution in [0.15, 0.2) is 0 Å². The molecule has 0 aliphatic heterocycles. The van der Waals surface area contributed by atoms with E-state index in [-0.39, 0.29) is 0 Å². The molecule has 0 heterocycles. The molecule has 0 saturated heterocycles. The van der Waals surface area contributed by atoms with Gasteiger partial charge in [0.05, 0.1) is 0 Å². The Morgan fingerprint density at radius 3 is 2.29 bits per heavy atom. The van der Waals surface area contributed by atoms with Gasteiger partial charge in [-0.3, -0.25) is 0 Å².